The third-order valence-electron chi connectivity index (χ3n) is 2.97. The fraction of sp³-hybridized carbons (Fsp3) is 0.200. The first-order chi connectivity index (χ1) is 10.8. The summed E-state index contributed by atoms with van der Waals surface area (Å²) in [5.41, 5.74) is -0.289. The molecule has 1 amide bonds. The second-order valence-electron chi connectivity index (χ2n) is 4.62. The third kappa shape index (κ3) is 4.44. The van der Waals surface area contributed by atoms with Crippen LogP contribution in [0, 0.1) is 0 Å². The van der Waals surface area contributed by atoms with Crippen molar-refractivity contribution in [2.24, 2.45) is 0 Å². The van der Waals surface area contributed by atoms with Gasteiger partial charge in [-0.25, -0.2) is 4.79 Å². The van der Waals surface area contributed by atoms with Gasteiger partial charge in [0.1, 0.15) is 12.3 Å². The molecule has 0 aliphatic rings. The monoisotopic (exact) mass is 388 g/mol. The molecular weight excluding hydrogens is 377 g/mol. The molecule has 0 radical (unpaired) electrons. The molecule has 1 heterocycles. The third-order valence-corrected chi connectivity index (χ3v) is 3.58. The summed E-state index contributed by atoms with van der Waals surface area (Å²) in [4.78, 5) is 16.3. The van der Waals surface area contributed by atoms with E-state index in [0.29, 0.717) is 0 Å². The van der Waals surface area contributed by atoms with Crippen molar-refractivity contribution in [2.75, 3.05) is 11.9 Å². The lowest BCUT2D eigenvalue weighted by Crippen LogP contribution is -2.27. The Morgan fingerprint density at radius 2 is 1.96 bits per heavy atom. The molecule has 0 N–H and O–H groups in total. The Labute approximate surface area is 139 Å². The van der Waals surface area contributed by atoms with Crippen LogP contribution >= 0.6 is 15.9 Å². The van der Waals surface area contributed by atoms with Crippen molar-refractivity contribution >= 4 is 27.7 Å². The molecule has 2 rings (SSSR count). The Morgan fingerprint density at radius 3 is 2.57 bits per heavy atom. The van der Waals surface area contributed by atoms with Crippen LogP contribution in [0.15, 0.2) is 47.1 Å². The van der Waals surface area contributed by atoms with Gasteiger partial charge in [-0.15, -0.1) is 0 Å². The van der Waals surface area contributed by atoms with E-state index in [1.807, 2.05) is 6.07 Å². The van der Waals surface area contributed by atoms with E-state index in [-0.39, 0.29) is 16.8 Å². The number of hydrogen-bond acceptors (Lipinski definition) is 3. The van der Waals surface area contributed by atoms with E-state index in [0.717, 1.165) is 22.7 Å². The maximum atomic E-state index is 12.7. The Balaban J connectivity index is 2.13. The molecule has 4 nitrogen and oxygen atoms in total. The van der Waals surface area contributed by atoms with Crippen LogP contribution < -0.4 is 4.90 Å². The van der Waals surface area contributed by atoms with Gasteiger partial charge in [-0.3, -0.25) is 9.88 Å². The molecule has 0 aliphatic heterocycles. The molecule has 0 bridgehead atoms. The van der Waals surface area contributed by atoms with E-state index in [2.05, 4.69) is 20.9 Å². The maximum absolute atomic E-state index is 12.7. The molecule has 0 unspecified atom stereocenters. The first kappa shape index (κ1) is 17.3. The number of aromatic nitrogens is 1. The number of pyridine rings is 1. The Bertz CT molecular complexity index is 693. The number of alkyl halides is 3. The van der Waals surface area contributed by atoms with Gasteiger partial charge in [0.25, 0.3) is 0 Å². The summed E-state index contributed by atoms with van der Waals surface area (Å²) in [5, 5.41) is 0. The molecule has 8 heteroatoms. The number of amides is 1. The molecule has 0 saturated carbocycles. The number of benzene rings is 1. The molecule has 0 atom stereocenters. The minimum absolute atomic E-state index is 0.0189. The predicted octanol–water partition coefficient (Wildman–Crippen LogP) is 4.64. The average Bonchev–Trinajstić information content (AvgIpc) is 2.52. The fourth-order valence-electron chi connectivity index (χ4n) is 1.75. The summed E-state index contributed by atoms with van der Waals surface area (Å²) in [7, 11) is 1.33. The van der Waals surface area contributed by atoms with E-state index in [1.54, 1.807) is 24.3 Å². The van der Waals surface area contributed by atoms with Crippen molar-refractivity contribution in [3.8, 4) is 0 Å². The summed E-state index contributed by atoms with van der Waals surface area (Å²) >= 11 is 3.08. The zero-order valence-corrected chi connectivity index (χ0v) is 13.6. The zero-order valence-electron chi connectivity index (χ0n) is 12.0. The topological polar surface area (TPSA) is 42.4 Å². The number of carbonyl (C=O) groups excluding carboxylic acids is 1. The Morgan fingerprint density at radius 1 is 1.30 bits per heavy atom. The summed E-state index contributed by atoms with van der Waals surface area (Å²) in [5.74, 6) is 0. The molecule has 1 aromatic heterocycles. The number of halogens is 4. The number of carbonyl (C=O) groups is 1. The van der Waals surface area contributed by atoms with Crippen molar-refractivity contribution in [1.29, 1.82) is 0 Å². The molecule has 0 aliphatic carbocycles. The van der Waals surface area contributed by atoms with Crippen LogP contribution in [0.1, 0.15) is 11.3 Å². The molecular formula is C15H12BrF3N2O2. The van der Waals surface area contributed by atoms with E-state index < -0.39 is 18.0 Å². The van der Waals surface area contributed by atoms with Gasteiger partial charge in [0, 0.05) is 13.2 Å². The van der Waals surface area contributed by atoms with Crippen molar-refractivity contribution in [3.05, 3.63) is 58.3 Å². The van der Waals surface area contributed by atoms with Crippen LogP contribution in [-0.2, 0) is 17.5 Å². The van der Waals surface area contributed by atoms with Gasteiger partial charge in [-0.05, 0) is 27.6 Å². The number of nitrogens with zero attached hydrogens (tertiary/aromatic N) is 2. The van der Waals surface area contributed by atoms with Crippen LogP contribution in [0.25, 0.3) is 0 Å². The van der Waals surface area contributed by atoms with Crippen molar-refractivity contribution in [1.82, 2.24) is 4.98 Å². The van der Waals surface area contributed by atoms with E-state index >= 15 is 0 Å². The number of ether oxygens (including phenoxy) is 1. The van der Waals surface area contributed by atoms with Crippen LogP contribution in [0.4, 0.5) is 23.7 Å². The average molecular weight is 389 g/mol. The van der Waals surface area contributed by atoms with E-state index in [1.165, 1.54) is 7.05 Å². The maximum Gasteiger partial charge on any atom is 0.433 e. The lowest BCUT2D eigenvalue weighted by atomic mass is 10.2. The second-order valence-corrected chi connectivity index (χ2v) is 5.47. The molecule has 0 fully saturated rings. The van der Waals surface area contributed by atoms with Crippen molar-refractivity contribution < 1.29 is 22.7 Å². The molecule has 23 heavy (non-hydrogen) atoms. The fourth-order valence-corrected chi connectivity index (χ4v) is 2.24. The number of hydrogen-bond donors (Lipinski definition) is 0. The van der Waals surface area contributed by atoms with E-state index in [4.69, 9.17) is 4.74 Å². The SMILES string of the molecule is CN(C(=O)OCc1ccccc1)c1cc(C(F)(F)F)ncc1Br. The second kappa shape index (κ2) is 6.99. The summed E-state index contributed by atoms with van der Waals surface area (Å²) < 4.78 is 43.5. The largest absolute Gasteiger partial charge is 0.444 e. The van der Waals surface area contributed by atoms with Crippen LogP contribution in [-0.4, -0.2) is 18.1 Å². The molecule has 0 saturated heterocycles. The van der Waals surface area contributed by atoms with Gasteiger partial charge in [0.2, 0.25) is 0 Å². The van der Waals surface area contributed by atoms with E-state index in [9.17, 15) is 18.0 Å². The first-order valence-electron chi connectivity index (χ1n) is 6.46. The summed E-state index contributed by atoms with van der Waals surface area (Å²) in [6.07, 6.45) is -4.36. The normalized spacial score (nSPS) is 11.2. The minimum atomic E-state index is -4.59. The van der Waals surface area contributed by atoms with Crippen LogP contribution in [0.5, 0.6) is 0 Å². The van der Waals surface area contributed by atoms with Gasteiger partial charge in [-0.1, -0.05) is 30.3 Å². The molecule has 1 aromatic carbocycles. The highest BCUT2D eigenvalue weighted by atomic mass is 79.9. The quantitative estimate of drug-likeness (QED) is 0.769. The number of anilines is 1. The smallest absolute Gasteiger partial charge is 0.433 e. The Kier molecular flexibility index (Phi) is 5.25. The van der Waals surface area contributed by atoms with Gasteiger partial charge >= 0.3 is 12.3 Å². The highest BCUT2D eigenvalue weighted by Crippen LogP contribution is 2.33. The summed E-state index contributed by atoms with van der Waals surface area (Å²) in [6, 6.07) is 9.75. The number of rotatable bonds is 3. The highest BCUT2D eigenvalue weighted by molar-refractivity contribution is 9.10. The molecule has 2 aromatic rings. The minimum Gasteiger partial charge on any atom is -0.444 e. The highest BCUT2D eigenvalue weighted by Gasteiger charge is 2.33. The Hall–Kier alpha value is -2.09. The standard InChI is InChI=1S/C15H12BrF3N2O2/c1-21(14(22)23-9-10-5-3-2-4-6-10)12-7-13(15(17,18)19)20-8-11(12)16/h2-8H,9H2,1H3. The van der Waals surface area contributed by atoms with Crippen molar-refractivity contribution in [3.63, 3.8) is 0 Å². The molecule has 122 valence electrons. The first-order valence-corrected chi connectivity index (χ1v) is 7.25. The van der Waals surface area contributed by atoms with Gasteiger partial charge < -0.3 is 4.74 Å². The van der Waals surface area contributed by atoms with Crippen LogP contribution in [0.2, 0.25) is 0 Å². The van der Waals surface area contributed by atoms with Gasteiger partial charge in [-0.2, -0.15) is 13.2 Å². The van der Waals surface area contributed by atoms with Crippen LogP contribution in [0.3, 0.4) is 0 Å². The lowest BCUT2D eigenvalue weighted by Gasteiger charge is -2.19. The molecule has 0 spiro atoms. The van der Waals surface area contributed by atoms with Crippen molar-refractivity contribution in [2.45, 2.75) is 12.8 Å². The van der Waals surface area contributed by atoms with Gasteiger partial charge in [0.15, 0.2) is 0 Å². The zero-order chi connectivity index (χ0) is 17.0. The predicted molar refractivity (Wildman–Crippen MR) is 82.0 cm³/mol. The lowest BCUT2D eigenvalue weighted by molar-refractivity contribution is -0.141. The van der Waals surface area contributed by atoms with Gasteiger partial charge in [0.05, 0.1) is 10.2 Å². The summed E-state index contributed by atoms with van der Waals surface area (Å²) in [6.45, 7) is 0.0266.